The Morgan fingerprint density at radius 1 is 1.00 bits per heavy atom. The number of fused-ring (bicyclic) bond motifs is 1. The first-order chi connectivity index (χ1) is 15.5. The third-order valence-electron chi connectivity index (χ3n) is 6.04. The molecule has 2 amide bonds. The normalized spacial score (nSPS) is 19.1. The van der Waals surface area contributed by atoms with Gasteiger partial charge in [0.15, 0.2) is 0 Å². The van der Waals surface area contributed by atoms with Crippen LogP contribution in [0.2, 0.25) is 10.0 Å². The minimum Gasteiger partial charge on any atom is -0.352 e. The van der Waals surface area contributed by atoms with Crippen LogP contribution in [0.5, 0.6) is 0 Å². The Balaban J connectivity index is 1.27. The summed E-state index contributed by atoms with van der Waals surface area (Å²) in [7, 11) is 0. The van der Waals surface area contributed by atoms with Gasteiger partial charge in [0, 0.05) is 48.3 Å². The van der Waals surface area contributed by atoms with Crippen molar-refractivity contribution in [2.75, 3.05) is 37.6 Å². The zero-order valence-corrected chi connectivity index (χ0v) is 19.5. The first-order valence-corrected chi connectivity index (χ1v) is 12.1. The minimum atomic E-state index is -0.450. The van der Waals surface area contributed by atoms with Gasteiger partial charge < -0.3 is 14.7 Å². The molecule has 7 nitrogen and oxygen atoms in total. The van der Waals surface area contributed by atoms with E-state index >= 15 is 0 Å². The molecule has 2 aromatic heterocycles. The Kier molecular flexibility index (Phi) is 5.92. The lowest BCUT2D eigenvalue weighted by Crippen LogP contribution is -2.54. The summed E-state index contributed by atoms with van der Waals surface area (Å²) in [6.07, 6.45) is 3.06. The van der Waals surface area contributed by atoms with Crippen molar-refractivity contribution in [3.63, 3.8) is 0 Å². The first-order valence-electron chi connectivity index (χ1n) is 10.5. The van der Waals surface area contributed by atoms with Crippen LogP contribution >= 0.6 is 34.5 Å². The molecule has 0 N–H and O–H groups in total. The maximum Gasteiger partial charge on any atom is 0.254 e. The van der Waals surface area contributed by atoms with Gasteiger partial charge in [-0.2, -0.15) is 0 Å². The van der Waals surface area contributed by atoms with Crippen molar-refractivity contribution in [3.05, 3.63) is 51.6 Å². The maximum absolute atomic E-state index is 13.3. The molecule has 5 rings (SSSR count). The summed E-state index contributed by atoms with van der Waals surface area (Å²) in [5.74, 6) is 0.718. The Labute approximate surface area is 199 Å². The van der Waals surface area contributed by atoms with E-state index in [1.807, 2.05) is 16.3 Å². The molecule has 1 aromatic carbocycles. The molecule has 0 saturated carbocycles. The monoisotopic (exact) mass is 489 g/mol. The van der Waals surface area contributed by atoms with Crippen molar-refractivity contribution in [2.24, 2.45) is 0 Å². The molecular weight excluding hydrogens is 469 g/mol. The van der Waals surface area contributed by atoms with Crippen LogP contribution in [0, 0.1) is 0 Å². The van der Waals surface area contributed by atoms with Gasteiger partial charge in [0.25, 0.3) is 5.91 Å². The summed E-state index contributed by atoms with van der Waals surface area (Å²) < 4.78 is 0. The summed E-state index contributed by atoms with van der Waals surface area (Å²) in [6.45, 7) is 3.12. The average molecular weight is 490 g/mol. The fourth-order valence-corrected chi connectivity index (χ4v) is 5.74. The second-order valence-corrected chi connectivity index (χ2v) is 9.73. The lowest BCUT2D eigenvalue weighted by Gasteiger charge is -2.38. The van der Waals surface area contributed by atoms with Crippen LogP contribution in [0.3, 0.4) is 0 Å². The Morgan fingerprint density at radius 3 is 2.50 bits per heavy atom. The second-order valence-electron chi connectivity index (χ2n) is 7.96. The van der Waals surface area contributed by atoms with E-state index in [9.17, 15) is 9.59 Å². The number of likely N-dealkylation sites (tertiary alicyclic amines) is 1. The van der Waals surface area contributed by atoms with Gasteiger partial charge in [0.05, 0.1) is 5.39 Å². The topological polar surface area (TPSA) is 69.6 Å². The van der Waals surface area contributed by atoms with Crippen LogP contribution in [0.1, 0.15) is 23.2 Å². The second kappa shape index (κ2) is 8.84. The fourth-order valence-electron chi connectivity index (χ4n) is 4.49. The highest BCUT2D eigenvalue weighted by Crippen LogP contribution is 2.29. The van der Waals surface area contributed by atoms with E-state index in [0.29, 0.717) is 54.8 Å². The third kappa shape index (κ3) is 4.02. The van der Waals surface area contributed by atoms with Crippen molar-refractivity contribution >= 4 is 62.4 Å². The number of hydrogen-bond acceptors (Lipinski definition) is 6. The maximum atomic E-state index is 13.3. The van der Waals surface area contributed by atoms with E-state index < -0.39 is 6.04 Å². The van der Waals surface area contributed by atoms with E-state index in [0.717, 1.165) is 22.5 Å². The number of rotatable bonds is 3. The number of carbonyl (C=O) groups is 2. The van der Waals surface area contributed by atoms with Gasteiger partial charge in [-0.05, 0) is 42.5 Å². The van der Waals surface area contributed by atoms with Crippen molar-refractivity contribution in [1.29, 1.82) is 0 Å². The molecule has 10 heteroatoms. The molecule has 4 heterocycles. The molecule has 0 bridgehead atoms. The van der Waals surface area contributed by atoms with Crippen LogP contribution in [0.15, 0.2) is 36.0 Å². The number of halogens is 2. The molecule has 2 saturated heterocycles. The molecule has 32 heavy (non-hydrogen) atoms. The fraction of sp³-hybridized carbons (Fsp3) is 0.364. The van der Waals surface area contributed by atoms with Crippen LogP contribution in [0.25, 0.3) is 10.2 Å². The molecule has 1 unspecified atom stereocenters. The van der Waals surface area contributed by atoms with Crippen LogP contribution in [0.4, 0.5) is 5.82 Å². The standard InChI is InChI=1S/C22H21Cl2N5O2S/c23-15-10-14(11-16(24)12-15)21(30)29-4-1-2-18(29)22(31)28-7-5-27(6-8-28)19-17-3-9-32-20(17)26-13-25-19/h3,9-13,18H,1-2,4-8H2. The number of hydrogen-bond donors (Lipinski definition) is 0. The van der Waals surface area contributed by atoms with Gasteiger partial charge in [0.1, 0.15) is 23.0 Å². The van der Waals surface area contributed by atoms with E-state index in [4.69, 9.17) is 23.2 Å². The lowest BCUT2D eigenvalue weighted by atomic mass is 10.1. The van der Waals surface area contributed by atoms with Gasteiger partial charge in [-0.3, -0.25) is 9.59 Å². The molecule has 2 aliphatic rings. The smallest absolute Gasteiger partial charge is 0.254 e. The number of nitrogens with zero attached hydrogens (tertiary/aromatic N) is 5. The van der Waals surface area contributed by atoms with Crippen LogP contribution < -0.4 is 4.90 Å². The average Bonchev–Trinajstić information content (AvgIpc) is 3.47. The predicted octanol–water partition coefficient (Wildman–Crippen LogP) is 3.95. The number of carbonyl (C=O) groups excluding carboxylic acids is 2. The molecule has 3 aromatic rings. The number of piperazine rings is 1. The number of aromatic nitrogens is 2. The van der Waals surface area contributed by atoms with Crippen LogP contribution in [-0.2, 0) is 4.79 Å². The number of benzene rings is 1. The van der Waals surface area contributed by atoms with Gasteiger partial charge in [-0.1, -0.05) is 23.2 Å². The molecular formula is C22H21Cl2N5O2S. The van der Waals surface area contributed by atoms with Gasteiger partial charge in [-0.15, -0.1) is 11.3 Å². The number of anilines is 1. The van der Waals surface area contributed by atoms with Gasteiger partial charge in [-0.25, -0.2) is 9.97 Å². The highest BCUT2D eigenvalue weighted by Gasteiger charge is 2.38. The number of thiophene rings is 1. The Hall–Kier alpha value is -2.42. The number of amides is 2. The largest absolute Gasteiger partial charge is 0.352 e. The molecule has 2 fully saturated rings. The van der Waals surface area contributed by atoms with Crippen molar-refractivity contribution < 1.29 is 9.59 Å². The third-order valence-corrected chi connectivity index (χ3v) is 7.30. The van der Waals surface area contributed by atoms with Crippen molar-refractivity contribution in [1.82, 2.24) is 19.8 Å². The van der Waals surface area contributed by atoms with E-state index in [1.54, 1.807) is 40.8 Å². The highest BCUT2D eigenvalue weighted by molar-refractivity contribution is 7.16. The highest BCUT2D eigenvalue weighted by atomic mass is 35.5. The predicted molar refractivity (Wildman–Crippen MR) is 127 cm³/mol. The molecule has 0 aliphatic carbocycles. The summed E-state index contributed by atoms with van der Waals surface area (Å²) in [4.78, 5) is 41.9. The Bertz CT molecular complexity index is 1160. The first kappa shape index (κ1) is 21.4. The van der Waals surface area contributed by atoms with Crippen molar-refractivity contribution in [2.45, 2.75) is 18.9 Å². The summed E-state index contributed by atoms with van der Waals surface area (Å²) >= 11 is 13.7. The summed E-state index contributed by atoms with van der Waals surface area (Å²) in [5, 5.41) is 3.87. The zero-order valence-electron chi connectivity index (χ0n) is 17.2. The quantitative estimate of drug-likeness (QED) is 0.556. The Morgan fingerprint density at radius 2 is 1.75 bits per heavy atom. The SMILES string of the molecule is O=C(C1CCCN1C(=O)c1cc(Cl)cc(Cl)c1)N1CCN(c2ncnc3sccc23)CC1. The molecule has 166 valence electrons. The van der Waals surface area contributed by atoms with Gasteiger partial charge >= 0.3 is 0 Å². The molecule has 0 spiro atoms. The van der Waals surface area contributed by atoms with E-state index in [2.05, 4.69) is 14.9 Å². The van der Waals surface area contributed by atoms with Crippen LogP contribution in [-0.4, -0.2) is 70.3 Å². The summed E-state index contributed by atoms with van der Waals surface area (Å²) in [5.41, 5.74) is 0.413. The van der Waals surface area contributed by atoms with E-state index in [-0.39, 0.29) is 11.8 Å². The molecule has 0 radical (unpaired) electrons. The van der Waals surface area contributed by atoms with E-state index in [1.165, 1.54) is 0 Å². The van der Waals surface area contributed by atoms with Crippen molar-refractivity contribution in [3.8, 4) is 0 Å². The van der Waals surface area contributed by atoms with Gasteiger partial charge in [0.2, 0.25) is 5.91 Å². The molecule has 2 aliphatic heterocycles. The summed E-state index contributed by atoms with van der Waals surface area (Å²) in [6, 6.07) is 6.38. The minimum absolute atomic E-state index is 0.00647. The lowest BCUT2D eigenvalue weighted by molar-refractivity contribution is -0.135. The zero-order chi connectivity index (χ0) is 22.2. The molecule has 1 atom stereocenters.